The first-order valence-electron chi connectivity index (χ1n) is 10.9. The molecule has 0 saturated heterocycles. The number of hydrogen-bond donors (Lipinski definition) is 1. The molecule has 10 atom stereocenters. The Morgan fingerprint density at radius 2 is 2.08 bits per heavy atom. The summed E-state index contributed by atoms with van der Waals surface area (Å²) in [5.74, 6) is 6.92. The third-order valence-electron chi connectivity index (χ3n) is 10.1. The lowest BCUT2D eigenvalue weighted by Crippen LogP contribution is -2.55. The molecule has 7 aliphatic rings. The van der Waals surface area contributed by atoms with Crippen LogP contribution in [0.3, 0.4) is 0 Å². The minimum absolute atomic E-state index is 0.0804. The van der Waals surface area contributed by atoms with Gasteiger partial charge in [-0.3, -0.25) is 0 Å². The fraction of sp³-hybridized carbons (Fsp3) is 0.783. The van der Waals surface area contributed by atoms with Crippen molar-refractivity contribution in [2.75, 3.05) is 6.61 Å². The molecule has 0 radical (unpaired) electrons. The summed E-state index contributed by atoms with van der Waals surface area (Å²) in [7, 11) is 0. The molecular formula is C23H29NO2. The van der Waals surface area contributed by atoms with Crippen LogP contribution in [0.15, 0.2) is 29.0 Å². The lowest BCUT2D eigenvalue weighted by molar-refractivity contribution is -0.133. The second kappa shape index (κ2) is 4.48. The number of oxime groups is 1. The van der Waals surface area contributed by atoms with Crippen LogP contribution in [0.4, 0.5) is 0 Å². The van der Waals surface area contributed by atoms with Gasteiger partial charge >= 0.3 is 0 Å². The van der Waals surface area contributed by atoms with Crippen molar-refractivity contribution in [3.8, 4) is 0 Å². The Balaban J connectivity index is 1.31. The van der Waals surface area contributed by atoms with E-state index in [0.29, 0.717) is 5.41 Å². The molecule has 1 spiro atoms. The topological polar surface area (TPSA) is 41.8 Å². The smallest absolute Gasteiger partial charge is 0.0954 e. The highest BCUT2D eigenvalue weighted by atomic mass is 16.5. The normalized spacial score (nSPS) is 62.2. The van der Waals surface area contributed by atoms with E-state index in [0.717, 1.165) is 66.1 Å². The molecule has 1 heterocycles. The zero-order chi connectivity index (χ0) is 17.3. The lowest BCUT2D eigenvalue weighted by Gasteiger charge is -2.57. The van der Waals surface area contributed by atoms with Crippen molar-refractivity contribution in [1.82, 2.24) is 0 Å². The Morgan fingerprint density at radius 1 is 1.15 bits per heavy atom. The summed E-state index contributed by atoms with van der Waals surface area (Å²) in [6, 6.07) is 0. The van der Waals surface area contributed by atoms with Crippen LogP contribution in [0.25, 0.3) is 0 Å². The molecule has 0 amide bonds. The first-order valence-corrected chi connectivity index (χ1v) is 10.9. The van der Waals surface area contributed by atoms with E-state index >= 15 is 0 Å². The van der Waals surface area contributed by atoms with Crippen molar-refractivity contribution < 1.29 is 9.94 Å². The predicted octanol–water partition coefficient (Wildman–Crippen LogP) is 4.43. The zero-order valence-corrected chi connectivity index (χ0v) is 15.6. The molecular weight excluding hydrogens is 322 g/mol. The van der Waals surface area contributed by atoms with E-state index in [4.69, 9.17) is 4.74 Å². The molecule has 1 aliphatic heterocycles. The molecule has 1 N–H and O–H groups in total. The second-order valence-corrected chi connectivity index (χ2v) is 10.6. The fourth-order valence-electron chi connectivity index (χ4n) is 9.14. The highest BCUT2D eigenvalue weighted by molar-refractivity contribution is 5.96. The maximum absolute atomic E-state index is 9.25. The van der Waals surface area contributed by atoms with E-state index in [-0.39, 0.29) is 5.60 Å². The summed E-state index contributed by atoms with van der Waals surface area (Å²) in [5, 5.41) is 12.8. The summed E-state index contributed by atoms with van der Waals surface area (Å²) in [5.41, 5.74) is 3.04. The first-order chi connectivity index (χ1) is 12.7. The van der Waals surface area contributed by atoms with Gasteiger partial charge in [-0.25, -0.2) is 0 Å². The summed E-state index contributed by atoms with van der Waals surface area (Å²) in [6.07, 6.45) is 14.8. The molecule has 0 aromatic carbocycles. The molecule has 7 rings (SSSR count). The summed E-state index contributed by atoms with van der Waals surface area (Å²) in [4.78, 5) is 0. The number of allylic oxidation sites excluding steroid dienone is 2. The van der Waals surface area contributed by atoms with Crippen LogP contribution in [-0.4, -0.2) is 23.1 Å². The van der Waals surface area contributed by atoms with Gasteiger partial charge in [0.1, 0.15) is 0 Å². The van der Waals surface area contributed by atoms with E-state index in [9.17, 15) is 5.21 Å². The molecule has 5 saturated carbocycles. The van der Waals surface area contributed by atoms with Crippen molar-refractivity contribution in [2.24, 2.45) is 57.9 Å². The van der Waals surface area contributed by atoms with Crippen LogP contribution in [0.1, 0.15) is 45.4 Å². The van der Waals surface area contributed by atoms with Gasteiger partial charge in [-0.2, -0.15) is 0 Å². The molecule has 3 nitrogen and oxygen atoms in total. The average molecular weight is 351 g/mol. The molecule has 26 heavy (non-hydrogen) atoms. The fourth-order valence-corrected chi connectivity index (χ4v) is 9.14. The Kier molecular flexibility index (Phi) is 2.57. The molecule has 0 bridgehead atoms. The Bertz CT molecular complexity index is 783. The predicted molar refractivity (Wildman–Crippen MR) is 98.9 cm³/mol. The largest absolute Gasteiger partial charge is 0.411 e. The van der Waals surface area contributed by atoms with Gasteiger partial charge in [-0.05, 0) is 91.9 Å². The summed E-state index contributed by atoms with van der Waals surface area (Å²) >= 11 is 0. The van der Waals surface area contributed by atoms with E-state index < -0.39 is 0 Å². The van der Waals surface area contributed by atoms with Crippen LogP contribution < -0.4 is 0 Å². The zero-order valence-electron chi connectivity index (χ0n) is 15.6. The van der Waals surface area contributed by atoms with Crippen molar-refractivity contribution in [2.45, 2.75) is 51.0 Å². The van der Waals surface area contributed by atoms with Gasteiger partial charge in [0.15, 0.2) is 0 Å². The van der Waals surface area contributed by atoms with Crippen molar-refractivity contribution in [3.63, 3.8) is 0 Å². The molecule has 0 aromatic rings. The quantitative estimate of drug-likeness (QED) is 0.399. The Labute approximate surface area is 155 Å². The van der Waals surface area contributed by atoms with Gasteiger partial charge in [0, 0.05) is 5.41 Å². The Morgan fingerprint density at radius 3 is 2.88 bits per heavy atom. The standard InChI is InChI=1S/C23H29NO2/c1-22-7-5-14-13-4-3-12(24-25)9-15(13)16-10-17(16)20(14)21(22)18-11-19(18)23(22)6-2-8-26-23/h2,6,9,13-14,16-21,25H,3-5,7-8,10-11H2,1H3/b24-12+/t13-,14-,16-,17-,18+,19-,20+,21+,22+,23+/m1/s1. The van der Waals surface area contributed by atoms with Crippen LogP contribution in [0, 0.1) is 52.8 Å². The SMILES string of the molecule is C[C@]12CC[C@H]3[C@@H]([C@@H]4C[C@@H]4C4=C/C(=N/O)CC[C@@H]43)[C@@H]1[C@H]1C[C@H]1[C@@]21C=CCO1. The van der Waals surface area contributed by atoms with E-state index in [1.54, 1.807) is 5.57 Å². The number of hydrogen-bond acceptors (Lipinski definition) is 3. The third kappa shape index (κ3) is 1.49. The number of fused-ring (bicyclic) bond motifs is 12. The van der Waals surface area contributed by atoms with Gasteiger partial charge in [0.25, 0.3) is 0 Å². The van der Waals surface area contributed by atoms with Gasteiger partial charge in [-0.15, -0.1) is 0 Å². The number of nitrogens with zero attached hydrogens (tertiary/aromatic N) is 1. The van der Waals surface area contributed by atoms with Gasteiger partial charge in [0.05, 0.1) is 17.9 Å². The minimum atomic E-state index is 0.0804. The maximum Gasteiger partial charge on any atom is 0.0954 e. The molecule has 0 unspecified atom stereocenters. The Hall–Kier alpha value is -1.09. The molecule has 0 aromatic heterocycles. The number of ether oxygens (including phenoxy) is 1. The number of rotatable bonds is 0. The van der Waals surface area contributed by atoms with Crippen molar-refractivity contribution >= 4 is 5.71 Å². The lowest BCUT2D eigenvalue weighted by atomic mass is 9.49. The van der Waals surface area contributed by atoms with E-state index in [2.05, 4.69) is 30.3 Å². The van der Waals surface area contributed by atoms with Crippen LogP contribution in [0.5, 0.6) is 0 Å². The second-order valence-electron chi connectivity index (χ2n) is 10.6. The van der Waals surface area contributed by atoms with Crippen molar-refractivity contribution in [1.29, 1.82) is 0 Å². The van der Waals surface area contributed by atoms with Crippen LogP contribution in [0.2, 0.25) is 0 Å². The highest BCUT2D eigenvalue weighted by Gasteiger charge is 2.78. The van der Waals surface area contributed by atoms with Gasteiger partial charge in [-0.1, -0.05) is 29.8 Å². The van der Waals surface area contributed by atoms with E-state index in [1.165, 1.54) is 32.1 Å². The molecule has 3 heteroatoms. The van der Waals surface area contributed by atoms with E-state index in [1.807, 2.05) is 0 Å². The molecule has 138 valence electrons. The maximum atomic E-state index is 9.25. The first kappa shape index (κ1) is 14.9. The monoisotopic (exact) mass is 351 g/mol. The summed E-state index contributed by atoms with van der Waals surface area (Å²) in [6.45, 7) is 3.43. The van der Waals surface area contributed by atoms with Crippen LogP contribution in [-0.2, 0) is 4.74 Å². The molecule has 5 fully saturated rings. The van der Waals surface area contributed by atoms with Gasteiger partial charge in [0.2, 0.25) is 0 Å². The average Bonchev–Trinajstić information content (AvgIpc) is 3.57. The highest BCUT2D eigenvalue weighted by Crippen LogP contribution is 2.80. The summed E-state index contributed by atoms with van der Waals surface area (Å²) < 4.78 is 6.53. The molecule has 6 aliphatic carbocycles. The minimum Gasteiger partial charge on any atom is -0.411 e. The third-order valence-corrected chi connectivity index (χ3v) is 10.1. The van der Waals surface area contributed by atoms with Gasteiger partial charge < -0.3 is 9.94 Å². The van der Waals surface area contributed by atoms with Crippen LogP contribution >= 0.6 is 0 Å². The van der Waals surface area contributed by atoms with Crippen molar-refractivity contribution in [3.05, 3.63) is 23.8 Å².